The van der Waals surface area contributed by atoms with E-state index in [1.807, 2.05) is 0 Å². The molecule has 0 saturated heterocycles. The molecule has 8 nitrogen and oxygen atoms in total. The lowest BCUT2D eigenvalue weighted by Gasteiger charge is -2.04. The van der Waals surface area contributed by atoms with E-state index in [1.165, 1.54) is 0 Å². The van der Waals surface area contributed by atoms with Crippen LogP contribution in [0.5, 0.6) is 0 Å². The van der Waals surface area contributed by atoms with Crippen molar-refractivity contribution < 1.29 is 28.5 Å². The van der Waals surface area contributed by atoms with E-state index in [0.29, 0.717) is 0 Å². The van der Waals surface area contributed by atoms with Gasteiger partial charge in [0.1, 0.15) is 0 Å². The molecule has 10 heteroatoms. The Bertz CT molecular complexity index is 322. The van der Waals surface area contributed by atoms with Gasteiger partial charge in [0.25, 0.3) is 11.8 Å². The molecule has 0 aliphatic heterocycles. The number of nitrogens with two attached hydrogens (primary N) is 2. The van der Waals surface area contributed by atoms with Crippen LogP contribution in [0.15, 0.2) is 0 Å². The Labute approximate surface area is 79.6 Å². The van der Waals surface area contributed by atoms with Crippen LogP contribution in [0, 0.1) is 0 Å². The molecule has 80 valence electrons. The Balaban J connectivity index is 4.87. The van der Waals surface area contributed by atoms with Crippen LogP contribution in [-0.2, 0) is 18.7 Å². The van der Waals surface area contributed by atoms with Crippen molar-refractivity contribution >= 4 is 27.2 Å². The maximum Gasteiger partial charge on any atom is 0.386 e. The molecule has 0 aromatic heterocycles. The fraction of sp³-hybridized carbons (Fsp3) is 0.500. The minimum absolute atomic E-state index is 0.784. The minimum Gasteiger partial charge on any atom is -0.366 e. The van der Waals surface area contributed by atoms with E-state index in [1.54, 1.807) is 0 Å². The lowest BCUT2D eigenvalue weighted by atomic mass is 10.7. The van der Waals surface area contributed by atoms with Crippen molar-refractivity contribution in [3.8, 4) is 0 Å². The van der Waals surface area contributed by atoms with Crippen LogP contribution in [0.2, 0.25) is 0 Å². The molecular formula is C4H9N2O6P2+. The average molecular weight is 243 g/mol. The van der Waals surface area contributed by atoms with Crippen molar-refractivity contribution in [3.05, 3.63) is 0 Å². The van der Waals surface area contributed by atoms with Gasteiger partial charge < -0.3 is 21.3 Å². The number of carbonyl (C=O) groups is 2. The Hall–Kier alpha value is -0.810. The highest BCUT2D eigenvalue weighted by atomic mass is 31.2. The third-order valence-corrected chi connectivity index (χ3v) is 5.15. The van der Waals surface area contributed by atoms with E-state index in [2.05, 4.69) is 11.5 Å². The van der Waals surface area contributed by atoms with Gasteiger partial charge in [-0.3, -0.25) is 14.2 Å². The zero-order valence-electron chi connectivity index (χ0n) is 6.86. The van der Waals surface area contributed by atoms with Crippen molar-refractivity contribution in [2.24, 2.45) is 11.5 Å². The van der Waals surface area contributed by atoms with Crippen LogP contribution in [0.25, 0.3) is 0 Å². The molecule has 0 rings (SSSR count). The molecule has 0 saturated carbocycles. The summed E-state index contributed by atoms with van der Waals surface area (Å²) < 4.78 is 21.7. The number of hydrogen-bond acceptors (Lipinski definition) is 4. The second-order valence-electron chi connectivity index (χ2n) is 2.41. The monoisotopic (exact) mass is 243 g/mol. The first-order valence-electron chi connectivity index (χ1n) is 3.23. The summed E-state index contributed by atoms with van der Waals surface area (Å²) in [4.78, 5) is 38.1. The second-order valence-corrected chi connectivity index (χ2v) is 6.18. The molecule has 2 unspecified atom stereocenters. The van der Waals surface area contributed by atoms with Gasteiger partial charge in [-0.05, 0) is 0 Å². The summed E-state index contributed by atoms with van der Waals surface area (Å²) in [5.41, 5.74) is 9.28. The third-order valence-electron chi connectivity index (χ3n) is 1.16. The average Bonchev–Trinajstić information content (AvgIpc) is 1.78. The molecular weight excluding hydrogens is 234 g/mol. The summed E-state index contributed by atoms with van der Waals surface area (Å²) >= 11 is 0. The summed E-state index contributed by atoms with van der Waals surface area (Å²) in [6.45, 7) is 0. The highest BCUT2D eigenvalue weighted by molar-refractivity contribution is 7.69. The molecule has 0 bridgehead atoms. The molecule has 0 aliphatic carbocycles. The van der Waals surface area contributed by atoms with Gasteiger partial charge in [-0.2, -0.15) is 0 Å². The molecule has 14 heavy (non-hydrogen) atoms. The van der Waals surface area contributed by atoms with Gasteiger partial charge in [0.05, 0.1) is 0 Å². The van der Waals surface area contributed by atoms with Crippen LogP contribution < -0.4 is 11.5 Å². The minimum atomic E-state index is -4.91. The van der Waals surface area contributed by atoms with Gasteiger partial charge >= 0.3 is 20.8 Å². The first-order valence-corrected chi connectivity index (χ1v) is 6.42. The molecule has 0 aromatic rings. The topological polar surface area (TPSA) is 161 Å². The first kappa shape index (κ1) is 13.2. The zero-order valence-corrected chi connectivity index (χ0v) is 8.65. The molecule has 0 aromatic carbocycles. The fourth-order valence-corrected chi connectivity index (χ4v) is 3.40. The molecule has 6 N–H and O–H groups in total. The Morgan fingerprint density at radius 2 is 1.79 bits per heavy atom. The third kappa shape index (κ3) is 3.93. The first-order chi connectivity index (χ1) is 6.16. The van der Waals surface area contributed by atoms with Gasteiger partial charge in [-0.25, -0.2) is 0 Å². The van der Waals surface area contributed by atoms with Gasteiger partial charge in [-0.1, -0.05) is 4.57 Å². The molecule has 0 spiro atoms. The lowest BCUT2D eigenvalue weighted by molar-refractivity contribution is -0.116. The van der Waals surface area contributed by atoms with E-state index in [9.17, 15) is 18.7 Å². The summed E-state index contributed by atoms with van der Waals surface area (Å²) in [5.74, 6) is -2.44. The fourth-order valence-electron chi connectivity index (χ4n) is 0.716. The highest BCUT2D eigenvalue weighted by Gasteiger charge is 2.50. The maximum absolute atomic E-state index is 11.1. The van der Waals surface area contributed by atoms with E-state index in [0.717, 1.165) is 0 Å². The number of primary amides is 2. The molecule has 0 fully saturated rings. The van der Waals surface area contributed by atoms with Crippen molar-refractivity contribution in [1.82, 2.24) is 0 Å². The van der Waals surface area contributed by atoms with Gasteiger partial charge in [0.2, 0.25) is 6.16 Å². The number of amides is 2. The van der Waals surface area contributed by atoms with Gasteiger partial charge in [0.15, 0.2) is 0 Å². The number of rotatable bonds is 5. The van der Waals surface area contributed by atoms with Crippen molar-refractivity contribution in [3.63, 3.8) is 0 Å². The van der Waals surface area contributed by atoms with E-state index in [4.69, 9.17) is 9.79 Å². The SMILES string of the molecule is NC(=O)C[P+](=O)C(C(N)=O)P(=O)(O)O. The van der Waals surface area contributed by atoms with E-state index < -0.39 is 38.8 Å². The van der Waals surface area contributed by atoms with Crippen molar-refractivity contribution in [1.29, 1.82) is 0 Å². The Morgan fingerprint density at radius 3 is 2.00 bits per heavy atom. The number of carbonyl (C=O) groups excluding carboxylic acids is 2. The second kappa shape index (κ2) is 4.61. The lowest BCUT2D eigenvalue weighted by Crippen LogP contribution is -2.28. The van der Waals surface area contributed by atoms with E-state index in [-0.39, 0.29) is 0 Å². The summed E-state index contributed by atoms with van der Waals surface area (Å²) in [7, 11) is -7.68. The van der Waals surface area contributed by atoms with Crippen LogP contribution in [0.4, 0.5) is 0 Å². The van der Waals surface area contributed by atoms with Crippen molar-refractivity contribution in [2.75, 3.05) is 6.16 Å². The van der Waals surface area contributed by atoms with Crippen molar-refractivity contribution in [2.45, 2.75) is 5.40 Å². The molecule has 2 atom stereocenters. The highest BCUT2D eigenvalue weighted by Crippen LogP contribution is 2.52. The standard InChI is InChI=1S/C4H8N2O6P2/c5-2(7)1-13(9)4(3(6)8)14(10,11)12/h4H,1H2,(H5-,5,6,7,8,10,11,12)/p+1. The normalized spacial score (nSPS) is 14.6. The summed E-state index contributed by atoms with van der Waals surface area (Å²) in [5, 5.41) is -2.15. The molecule has 2 amide bonds. The molecule has 0 radical (unpaired) electrons. The van der Waals surface area contributed by atoms with Gasteiger partial charge in [0, 0.05) is 0 Å². The van der Waals surface area contributed by atoms with Crippen LogP contribution >= 0.6 is 15.4 Å². The van der Waals surface area contributed by atoms with Gasteiger partial charge in [-0.15, -0.1) is 0 Å². The summed E-state index contributed by atoms with van der Waals surface area (Å²) in [6, 6.07) is 0. The summed E-state index contributed by atoms with van der Waals surface area (Å²) in [6.07, 6.45) is -0.784. The maximum atomic E-state index is 11.1. The predicted molar refractivity (Wildman–Crippen MR) is 46.7 cm³/mol. The largest absolute Gasteiger partial charge is 0.386 e. The predicted octanol–water partition coefficient (Wildman–Crippen LogP) is -1.71. The van der Waals surface area contributed by atoms with Crippen LogP contribution in [0.3, 0.4) is 0 Å². The smallest absolute Gasteiger partial charge is 0.366 e. The van der Waals surface area contributed by atoms with Crippen LogP contribution in [-0.4, -0.2) is 33.2 Å². The van der Waals surface area contributed by atoms with E-state index >= 15 is 0 Å². The molecule has 0 heterocycles. The Morgan fingerprint density at radius 1 is 1.36 bits per heavy atom. The molecule has 0 aliphatic rings. The zero-order chi connectivity index (χ0) is 11.5. The van der Waals surface area contributed by atoms with Crippen LogP contribution in [0.1, 0.15) is 0 Å². The number of hydrogen-bond donors (Lipinski definition) is 4. The Kier molecular flexibility index (Phi) is 4.35. The quantitative estimate of drug-likeness (QED) is 0.420.